The van der Waals surface area contributed by atoms with Gasteiger partial charge in [0.2, 0.25) is 5.91 Å². The summed E-state index contributed by atoms with van der Waals surface area (Å²) in [5.74, 6) is -1.14. The van der Waals surface area contributed by atoms with Crippen LogP contribution >= 0.6 is 0 Å². The third-order valence-electron chi connectivity index (χ3n) is 2.00. The molecule has 0 saturated carbocycles. The maximum Gasteiger partial charge on any atom is 0.330 e. The highest BCUT2D eigenvalue weighted by atomic mass is 16.5. The smallest absolute Gasteiger partial charge is 0.330 e. The molecule has 0 aromatic carbocycles. The number of amides is 1. The lowest BCUT2D eigenvalue weighted by molar-refractivity contribution is -0.135. The van der Waals surface area contributed by atoms with E-state index >= 15 is 0 Å². The predicted octanol–water partition coefficient (Wildman–Crippen LogP) is -0.472. The highest BCUT2D eigenvalue weighted by molar-refractivity contribution is 5.96. The number of ether oxygens (including phenoxy) is 1. The van der Waals surface area contributed by atoms with Crippen molar-refractivity contribution in [2.24, 2.45) is 5.73 Å². The first-order valence-corrected chi connectivity index (χ1v) is 5.33. The number of rotatable bonds is 7. The van der Waals surface area contributed by atoms with E-state index in [0.717, 1.165) is 12.2 Å². The van der Waals surface area contributed by atoms with Crippen LogP contribution in [-0.4, -0.2) is 37.4 Å². The number of methoxy groups -OCH3 is 1. The first kappa shape index (κ1) is 15.3. The quantitative estimate of drug-likeness (QED) is 0.464. The Morgan fingerprint density at radius 2 is 2.00 bits per heavy atom. The van der Waals surface area contributed by atoms with Crippen LogP contribution in [0.15, 0.2) is 12.2 Å². The summed E-state index contributed by atoms with van der Waals surface area (Å²) in [6, 6.07) is -0.703. The van der Waals surface area contributed by atoms with E-state index in [9.17, 15) is 14.4 Å². The SMILES string of the molecule is CCNC(=O)[C@@H](N)CCC(=O)/C=C/C(=O)OC. The minimum absolute atomic E-state index is 0.117. The highest BCUT2D eigenvalue weighted by Crippen LogP contribution is 1.97. The molecular weight excluding hydrogens is 224 g/mol. The fourth-order valence-corrected chi connectivity index (χ4v) is 1.05. The van der Waals surface area contributed by atoms with E-state index in [0.29, 0.717) is 6.54 Å². The minimum Gasteiger partial charge on any atom is -0.466 e. The largest absolute Gasteiger partial charge is 0.466 e. The van der Waals surface area contributed by atoms with Gasteiger partial charge in [0.1, 0.15) is 0 Å². The molecule has 0 heterocycles. The molecule has 0 radical (unpaired) electrons. The first-order chi connectivity index (χ1) is 8.01. The highest BCUT2D eigenvalue weighted by Gasteiger charge is 2.13. The van der Waals surface area contributed by atoms with Crippen molar-refractivity contribution >= 4 is 17.7 Å². The molecule has 1 atom stereocenters. The summed E-state index contributed by atoms with van der Waals surface area (Å²) in [5.41, 5.74) is 5.55. The number of ketones is 1. The van der Waals surface area contributed by atoms with Crippen LogP contribution in [-0.2, 0) is 19.1 Å². The van der Waals surface area contributed by atoms with Crippen molar-refractivity contribution < 1.29 is 19.1 Å². The normalized spacial score (nSPS) is 12.2. The van der Waals surface area contributed by atoms with Crippen LogP contribution < -0.4 is 11.1 Å². The lowest BCUT2D eigenvalue weighted by Crippen LogP contribution is -2.40. The Kier molecular flexibility index (Phi) is 7.62. The fraction of sp³-hybridized carbons (Fsp3) is 0.545. The van der Waals surface area contributed by atoms with Crippen LogP contribution in [0.5, 0.6) is 0 Å². The van der Waals surface area contributed by atoms with E-state index < -0.39 is 12.0 Å². The molecule has 0 rings (SSSR count). The van der Waals surface area contributed by atoms with Crippen molar-refractivity contribution in [3.8, 4) is 0 Å². The van der Waals surface area contributed by atoms with E-state index in [1.54, 1.807) is 6.92 Å². The molecule has 6 nitrogen and oxygen atoms in total. The van der Waals surface area contributed by atoms with Crippen molar-refractivity contribution in [3.05, 3.63) is 12.2 Å². The van der Waals surface area contributed by atoms with Gasteiger partial charge in [-0.15, -0.1) is 0 Å². The molecule has 0 aromatic heterocycles. The van der Waals surface area contributed by atoms with Crippen molar-refractivity contribution in [2.75, 3.05) is 13.7 Å². The number of likely N-dealkylation sites (N-methyl/N-ethyl adjacent to an activating group) is 1. The topological polar surface area (TPSA) is 98.5 Å². The van der Waals surface area contributed by atoms with Crippen molar-refractivity contribution in [3.63, 3.8) is 0 Å². The molecule has 0 spiro atoms. The van der Waals surface area contributed by atoms with Gasteiger partial charge in [-0.3, -0.25) is 9.59 Å². The molecule has 6 heteroatoms. The van der Waals surface area contributed by atoms with Gasteiger partial charge in [0.05, 0.1) is 13.2 Å². The molecular formula is C11H18N2O4. The van der Waals surface area contributed by atoms with E-state index in [-0.39, 0.29) is 24.5 Å². The Morgan fingerprint density at radius 1 is 1.35 bits per heavy atom. The Hall–Kier alpha value is -1.69. The molecule has 0 aliphatic heterocycles. The number of carbonyl (C=O) groups excluding carboxylic acids is 3. The van der Waals surface area contributed by atoms with Crippen LogP contribution in [0.2, 0.25) is 0 Å². The summed E-state index contributed by atoms with van der Waals surface area (Å²) in [7, 11) is 1.22. The van der Waals surface area contributed by atoms with Crippen molar-refractivity contribution in [2.45, 2.75) is 25.8 Å². The number of allylic oxidation sites excluding steroid dienone is 1. The van der Waals surface area contributed by atoms with Crippen molar-refractivity contribution in [1.82, 2.24) is 5.32 Å². The van der Waals surface area contributed by atoms with Gasteiger partial charge in [-0.2, -0.15) is 0 Å². The predicted molar refractivity (Wildman–Crippen MR) is 62.1 cm³/mol. The molecule has 0 fully saturated rings. The van der Waals surface area contributed by atoms with Gasteiger partial charge in [0.25, 0.3) is 0 Å². The maximum atomic E-state index is 11.3. The van der Waals surface area contributed by atoms with Gasteiger partial charge in [-0.05, 0) is 19.4 Å². The number of carbonyl (C=O) groups is 3. The zero-order valence-electron chi connectivity index (χ0n) is 10.1. The molecule has 17 heavy (non-hydrogen) atoms. The van der Waals surface area contributed by atoms with E-state index in [4.69, 9.17) is 5.73 Å². The second kappa shape index (κ2) is 8.46. The van der Waals surface area contributed by atoms with Gasteiger partial charge < -0.3 is 15.8 Å². The van der Waals surface area contributed by atoms with Gasteiger partial charge in [-0.25, -0.2) is 4.79 Å². The Morgan fingerprint density at radius 3 is 2.53 bits per heavy atom. The molecule has 1 amide bonds. The van der Waals surface area contributed by atoms with Crippen LogP contribution in [0.25, 0.3) is 0 Å². The average Bonchev–Trinajstić information content (AvgIpc) is 2.32. The lowest BCUT2D eigenvalue weighted by Gasteiger charge is -2.09. The first-order valence-electron chi connectivity index (χ1n) is 5.33. The summed E-state index contributed by atoms with van der Waals surface area (Å²) in [6.45, 7) is 2.29. The number of nitrogens with two attached hydrogens (primary N) is 1. The maximum absolute atomic E-state index is 11.3. The molecule has 0 bridgehead atoms. The molecule has 3 N–H and O–H groups in total. The number of hydrogen-bond donors (Lipinski definition) is 2. The fourth-order valence-electron chi connectivity index (χ4n) is 1.05. The standard InChI is InChI=1S/C11H18N2O4/c1-3-13-11(16)9(12)6-4-8(14)5-7-10(15)17-2/h5,7,9H,3-4,6,12H2,1-2H3,(H,13,16)/b7-5+/t9-/m0/s1. The molecule has 96 valence electrons. The molecule has 0 unspecified atom stereocenters. The molecule has 0 aromatic rings. The van der Waals surface area contributed by atoms with E-state index in [2.05, 4.69) is 10.1 Å². The van der Waals surface area contributed by atoms with Crippen LogP contribution in [0.3, 0.4) is 0 Å². The third kappa shape index (κ3) is 7.24. The van der Waals surface area contributed by atoms with Crippen LogP contribution in [0.1, 0.15) is 19.8 Å². The molecule has 0 aliphatic carbocycles. The summed E-state index contributed by atoms with van der Waals surface area (Å²) < 4.78 is 4.33. The van der Waals surface area contributed by atoms with Gasteiger partial charge in [-0.1, -0.05) is 0 Å². The Labute approximate surface area is 100 Å². The second-order valence-corrected chi connectivity index (χ2v) is 3.36. The zero-order valence-corrected chi connectivity index (χ0v) is 10.1. The number of hydrogen-bond acceptors (Lipinski definition) is 5. The summed E-state index contributed by atoms with van der Waals surface area (Å²) in [6.07, 6.45) is 2.53. The Balaban J connectivity index is 3.95. The van der Waals surface area contributed by atoms with Crippen LogP contribution in [0.4, 0.5) is 0 Å². The Bertz CT molecular complexity index is 313. The van der Waals surface area contributed by atoms with Gasteiger partial charge in [0, 0.05) is 19.0 Å². The summed E-state index contributed by atoms with van der Waals surface area (Å²) in [5, 5.41) is 2.56. The van der Waals surface area contributed by atoms with Crippen molar-refractivity contribution in [1.29, 1.82) is 0 Å². The molecule has 0 saturated heterocycles. The zero-order chi connectivity index (χ0) is 13.3. The average molecular weight is 242 g/mol. The van der Waals surface area contributed by atoms with E-state index in [1.165, 1.54) is 7.11 Å². The minimum atomic E-state index is -0.703. The van der Waals surface area contributed by atoms with Crippen LogP contribution in [0, 0.1) is 0 Å². The van der Waals surface area contributed by atoms with Gasteiger partial charge in [0.15, 0.2) is 5.78 Å². The summed E-state index contributed by atoms with van der Waals surface area (Å²) in [4.78, 5) is 33.2. The number of nitrogens with one attached hydrogen (secondary N) is 1. The molecule has 0 aliphatic rings. The monoisotopic (exact) mass is 242 g/mol. The number of esters is 1. The van der Waals surface area contributed by atoms with Gasteiger partial charge >= 0.3 is 5.97 Å². The summed E-state index contributed by atoms with van der Waals surface area (Å²) >= 11 is 0. The lowest BCUT2D eigenvalue weighted by atomic mass is 10.1. The van der Waals surface area contributed by atoms with E-state index in [1.807, 2.05) is 0 Å². The second-order valence-electron chi connectivity index (χ2n) is 3.36. The third-order valence-corrected chi connectivity index (χ3v) is 2.00.